The predicted molar refractivity (Wildman–Crippen MR) is 93.3 cm³/mol. The minimum Gasteiger partial charge on any atom is -0.329 e. The number of carbonyl (C=O) groups is 1. The van der Waals surface area contributed by atoms with Crippen LogP contribution in [-0.4, -0.2) is 21.2 Å². The number of fused-ring (bicyclic) bond motifs is 1. The fourth-order valence-electron chi connectivity index (χ4n) is 2.47. The van der Waals surface area contributed by atoms with Crippen molar-refractivity contribution in [2.75, 3.05) is 5.32 Å². The van der Waals surface area contributed by atoms with E-state index in [4.69, 9.17) is 0 Å². The Labute approximate surface area is 143 Å². The smallest absolute Gasteiger partial charge is 0.321 e. The van der Waals surface area contributed by atoms with E-state index in [2.05, 4.69) is 39.7 Å². The van der Waals surface area contributed by atoms with Crippen molar-refractivity contribution in [1.29, 1.82) is 0 Å². The lowest BCUT2D eigenvalue weighted by atomic mass is 10.0. The second-order valence-corrected chi connectivity index (χ2v) is 8.17. The van der Waals surface area contributed by atoms with Gasteiger partial charge in [0.1, 0.15) is 10.0 Å². The number of aryl methyl sites for hydroxylation is 2. The summed E-state index contributed by atoms with van der Waals surface area (Å²) in [5.74, 6) is 0.312. The molecule has 2 aromatic heterocycles. The Bertz CT molecular complexity index is 670. The van der Waals surface area contributed by atoms with Gasteiger partial charge in [-0.05, 0) is 32.6 Å². The van der Waals surface area contributed by atoms with Crippen LogP contribution >= 0.6 is 22.7 Å². The monoisotopic (exact) mass is 351 g/mol. The normalized spacial score (nSPS) is 15.3. The number of thiazole rings is 1. The van der Waals surface area contributed by atoms with Crippen molar-refractivity contribution in [3.8, 4) is 0 Å². The third-order valence-electron chi connectivity index (χ3n) is 3.74. The summed E-state index contributed by atoms with van der Waals surface area (Å²) in [6.07, 6.45) is 4.64. The van der Waals surface area contributed by atoms with Crippen LogP contribution in [0.2, 0.25) is 0 Å². The van der Waals surface area contributed by atoms with Crippen molar-refractivity contribution in [2.24, 2.45) is 0 Å². The molecule has 3 rings (SSSR count). The first-order chi connectivity index (χ1) is 11.0. The number of nitrogens with zero attached hydrogens (tertiary/aromatic N) is 3. The summed E-state index contributed by atoms with van der Waals surface area (Å²) in [7, 11) is 0. The van der Waals surface area contributed by atoms with Crippen LogP contribution in [0.4, 0.5) is 9.93 Å². The second kappa shape index (κ2) is 6.92. The number of carbonyl (C=O) groups excluding carboxylic acids is 1. The topological polar surface area (TPSA) is 79.8 Å². The van der Waals surface area contributed by atoms with Crippen molar-refractivity contribution >= 4 is 33.8 Å². The maximum Gasteiger partial charge on any atom is 0.321 e. The molecule has 2 heterocycles. The lowest BCUT2D eigenvalue weighted by Gasteiger charge is -2.10. The Morgan fingerprint density at radius 1 is 1.09 bits per heavy atom. The van der Waals surface area contributed by atoms with E-state index in [-0.39, 0.29) is 12.1 Å². The van der Waals surface area contributed by atoms with Gasteiger partial charge in [-0.3, -0.25) is 5.32 Å². The van der Waals surface area contributed by atoms with Gasteiger partial charge < -0.3 is 5.32 Å². The molecule has 0 saturated heterocycles. The van der Waals surface area contributed by atoms with Gasteiger partial charge in [0.2, 0.25) is 5.13 Å². The summed E-state index contributed by atoms with van der Waals surface area (Å²) in [6, 6.07) is -0.375. The SMILES string of the molecule is CC(C)c1nnc(NC(=O)NC(C)c2nc3c(s2)CCCC3)s1. The van der Waals surface area contributed by atoms with Gasteiger partial charge in [0.05, 0.1) is 11.7 Å². The van der Waals surface area contributed by atoms with Crippen LogP contribution in [0.1, 0.15) is 66.2 Å². The molecule has 23 heavy (non-hydrogen) atoms. The highest BCUT2D eigenvalue weighted by Gasteiger charge is 2.20. The van der Waals surface area contributed by atoms with E-state index in [1.807, 2.05) is 6.92 Å². The molecule has 0 bridgehead atoms. The minimum atomic E-state index is -0.267. The molecular weight excluding hydrogens is 330 g/mol. The molecule has 0 aliphatic heterocycles. The molecular formula is C15H21N5OS2. The maximum absolute atomic E-state index is 12.1. The van der Waals surface area contributed by atoms with E-state index in [1.54, 1.807) is 11.3 Å². The Kier molecular flexibility index (Phi) is 4.91. The van der Waals surface area contributed by atoms with Crippen LogP contribution in [0.5, 0.6) is 0 Å². The Morgan fingerprint density at radius 2 is 1.87 bits per heavy atom. The second-order valence-electron chi connectivity index (χ2n) is 6.05. The van der Waals surface area contributed by atoms with Gasteiger partial charge in [-0.2, -0.15) is 0 Å². The van der Waals surface area contributed by atoms with Gasteiger partial charge in [0, 0.05) is 10.8 Å². The average molecular weight is 352 g/mol. The number of rotatable bonds is 4. The summed E-state index contributed by atoms with van der Waals surface area (Å²) in [6.45, 7) is 6.07. The highest BCUT2D eigenvalue weighted by Crippen LogP contribution is 2.29. The quantitative estimate of drug-likeness (QED) is 0.876. The lowest BCUT2D eigenvalue weighted by Crippen LogP contribution is -2.31. The number of aromatic nitrogens is 3. The predicted octanol–water partition coefficient (Wildman–Crippen LogP) is 3.88. The fraction of sp³-hybridized carbons (Fsp3) is 0.600. The Morgan fingerprint density at radius 3 is 2.57 bits per heavy atom. The molecule has 0 aromatic carbocycles. The van der Waals surface area contributed by atoms with E-state index >= 15 is 0 Å². The fourth-order valence-corrected chi connectivity index (χ4v) is 4.36. The third kappa shape index (κ3) is 3.87. The molecule has 0 spiro atoms. The highest BCUT2D eigenvalue weighted by atomic mass is 32.1. The molecule has 1 aliphatic carbocycles. The summed E-state index contributed by atoms with van der Waals surface area (Å²) in [4.78, 5) is 18.2. The van der Waals surface area contributed by atoms with Crippen LogP contribution < -0.4 is 10.6 Å². The standard InChI is InChI=1S/C15H21N5OS2/c1-8(2)12-19-20-15(23-12)18-14(21)16-9(3)13-17-10-6-4-5-7-11(10)22-13/h8-9H,4-7H2,1-3H3,(H2,16,18,20,21). The number of nitrogens with one attached hydrogen (secondary N) is 2. The van der Waals surface area contributed by atoms with Crippen LogP contribution in [-0.2, 0) is 12.8 Å². The molecule has 1 aliphatic rings. The van der Waals surface area contributed by atoms with Crippen LogP contribution in [0.25, 0.3) is 0 Å². The van der Waals surface area contributed by atoms with Crippen LogP contribution in [0, 0.1) is 0 Å². The number of hydrogen-bond acceptors (Lipinski definition) is 6. The molecule has 2 aromatic rings. The Balaban J connectivity index is 1.59. The maximum atomic E-state index is 12.1. The first-order valence-electron chi connectivity index (χ1n) is 7.92. The summed E-state index contributed by atoms with van der Waals surface area (Å²) < 4.78 is 0. The number of hydrogen-bond donors (Lipinski definition) is 2. The van der Waals surface area contributed by atoms with Crippen molar-refractivity contribution in [3.05, 3.63) is 20.6 Å². The molecule has 0 saturated carbocycles. The van der Waals surface area contributed by atoms with E-state index in [9.17, 15) is 4.79 Å². The third-order valence-corrected chi connectivity index (χ3v) is 6.21. The summed E-state index contributed by atoms with van der Waals surface area (Å²) in [5, 5.41) is 16.2. The molecule has 6 nitrogen and oxygen atoms in total. The minimum absolute atomic E-state index is 0.108. The van der Waals surface area contributed by atoms with Crippen molar-refractivity contribution in [3.63, 3.8) is 0 Å². The van der Waals surface area contributed by atoms with Gasteiger partial charge in [0.25, 0.3) is 0 Å². The molecule has 1 atom stereocenters. The van der Waals surface area contributed by atoms with Crippen molar-refractivity contribution in [1.82, 2.24) is 20.5 Å². The van der Waals surface area contributed by atoms with E-state index in [1.165, 1.54) is 34.7 Å². The lowest BCUT2D eigenvalue weighted by molar-refractivity contribution is 0.249. The number of amides is 2. The molecule has 0 fully saturated rings. The molecule has 0 radical (unpaired) electrons. The largest absolute Gasteiger partial charge is 0.329 e. The zero-order valence-electron chi connectivity index (χ0n) is 13.5. The Hall–Kier alpha value is -1.54. The van der Waals surface area contributed by atoms with E-state index in [0.717, 1.165) is 22.9 Å². The highest BCUT2D eigenvalue weighted by molar-refractivity contribution is 7.15. The summed E-state index contributed by atoms with van der Waals surface area (Å²) >= 11 is 3.13. The van der Waals surface area contributed by atoms with Gasteiger partial charge in [-0.15, -0.1) is 21.5 Å². The summed E-state index contributed by atoms with van der Waals surface area (Å²) in [5.41, 5.74) is 1.22. The van der Waals surface area contributed by atoms with E-state index < -0.39 is 0 Å². The van der Waals surface area contributed by atoms with Crippen molar-refractivity contribution < 1.29 is 4.79 Å². The first-order valence-corrected chi connectivity index (χ1v) is 9.55. The zero-order valence-corrected chi connectivity index (χ0v) is 15.2. The number of anilines is 1. The zero-order chi connectivity index (χ0) is 16.4. The van der Waals surface area contributed by atoms with Gasteiger partial charge in [-0.25, -0.2) is 9.78 Å². The van der Waals surface area contributed by atoms with E-state index in [0.29, 0.717) is 11.0 Å². The number of urea groups is 1. The van der Waals surface area contributed by atoms with Gasteiger partial charge in [0.15, 0.2) is 0 Å². The van der Waals surface area contributed by atoms with Crippen LogP contribution in [0.3, 0.4) is 0 Å². The van der Waals surface area contributed by atoms with Gasteiger partial charge in [-0.1, -0.05) is 25.2 Å². The molecule has 2 N–H and O–H groups in total. The molecule has 8 heteroatoms. The van der Waals surface area contributed by atoms with Gasteiger partial charge >= 0.3 is 6.03 Å². The molecule has 1 unspecified atom stereocenters. The van der Waals surface area contributed by atoms with Crippen molar-refractivity contribution in [2.45, 2.75) is 58.4 Å². The first kappa shape index (κ1) is 16.3. The molecule has 124 valence electrons. The average Bonchev–Trinajstić information content (AvgIpc) is 3.13. The van der Waals surface area contributed by atoms with Crippen LogP contribution in [0.15, 0.2) is 0 Å². The molecule has 2 amide bonds.